The molecule has 0 aromatic heterocycles. The Labute approximate surface area is 119 Å². The van der Waals surface area contributed by atoms with Gasteiger partial charge < -0.3 is 0 Å². The maximum atomic E-state index is 13.6. The molecular formula is C16H24F2N2. The molecule has 1 aliphatic rings. The van der Waals surface area contributed by atoms with Gasteiger partial charge in [-0.25, -0.2) is 8.78 Å². The molecule has 3 N–H and O–H groups in total. The van der Waals surface area contributed by atoms with E-state index in [0.717, 1.165) is 24.8 Å². The van der Waals surface area contributed by atoms with Gasteiger partial charge in [-0.1, -0.05) is 37.6 Å². The summed E-state index contributed by atoms with van der Waals surface area (Å²) < 4.78 is 27.2. The first kappa shape index (κ1) is 15.4. The first-order valence-electron chi connectivity index (χ1n) is 7.48. The molecule has 1 aliphatic carbocycles. The van der Waals surface area contributed by atoms with Gasteiger partial charge in [0.1, 0.15) is 0 Å². The second-order valence-corrected chi connectivity index (χ2v) is 5.85. The largest absolute Gasteiger partial charge is 0.271 e. The van der Waals surface area contributed by atoms with Crippen LogP contribution in [0.4, 0.5) is 8.78 Å². The van der Waals surface area contributed by atoms with Gasteiger partial charge in [0.2, 0.25) is 5.92 Å². The highest BCUT2D eigenvalue weighted by atomic mass is 19.3. The molecule has 0 saturated heterocycles. The number of nitrogens with two attached hydrogens (primary N) is 1. The fourth-order valence-corrected chi connectivity index (χ4v) is 3.23. The first-order valence-corrected chi connectivity index (χ1v) is 7.48. The molecule has 2 unspecified atom stereocenters. The van der Waals surface area contributed by atoms with E-state index in [0.29, 0.717) is 6.42 Å². The van der Waals surface area contributed by atoms with E-state index < -0.39 is 5.92 Å². The lowest BCUT2D eigenvalue weighted by Gasteiger charge is -2.34. The van der Waals surface area contributed by atoms with E-state index in [9.17, 15) is 8.78 Å². The van der Waals surface area contributed by atoms with E-state index in [1.54, 1.807) is 0 Å². The minimum atomic E-state index is -2.54. The molecule has 0 aliphatic heterocycles. The van der Waals surface area contributed by atoms with Crippen LogP contribution < -0.4 is 11.3 Å². The van der Waals surface area contributed by atoms with E-state index in [2.05, 4.69) is 24.5 Å². The summed E-state index contributed by atoms with van der Waals surface area (Å²) in [5, 5.41) is 0. The fraction of sp³-hybridized carbons (Fsp3) is 0.625. The molecule has 0 amide bonds. The molecule has 0 spiro atoms. The Balaban J connectivity index is 2.16. The van der Waals surface area contributed by atoms with Crippen molar-refractivity contribution in [3.05, 3.63) is 35.4 Å². The van der Waals surface area contributed by atoms with Gasteiger partial charge in [0.15, 0.2) is 0 Å². The number of halogens is 2. The monoisotopic (exact) mass is 282 g/mol. The fourth-order valence-electron chi connectivity index (χ4n) is 3.23. The maximum Gasteiger partial charge on any atom is 0.248 e. The molecule has 2 rings (SSSR count). The van der Waals surface area contributed by atoms with Crippen molar-refractivity contribution in [1.29, 1.82) is 0 Å². The highest BCUT2D eigenvalue weighted by molar-refractivity contribution is 5.27. The molecule has 0 bridgehead atoms. The summed E-state index contributed by atoms with van der Waals surface area (Å²) in [5.74, 6) is 3.01. The predicted molar refractivity (Wildman–Crippen MR) is 77.4 cm³/mol. The van der Waals surface area contributed by atoms with Crippen molar-refractivity contribution in [2.45, 2.75) is 57.4 Å². The van der Waals surface area contributed by atoms with Crippen LogP contribution in [0.5, 0.6) is 0 Å². The number of hydrogen-bond donors (Lipinski definition) is 2. The van der Waals surface area contributed by atoms with Gasteiger partial charge in [-0.15, -0.1) is 0 Å². The van der Waals surface area contributed by atoms with Gasteiger partial charge in [-0.3, -0.25) is 11.3 Å². The quantitative estimate of drug-likeness (QED) is 0.633. The van der Waals surface area contributed by atoms with Crippen LogP contribution in [-0.4, -0.2) is 5.92 Å². The van der Waals surface area contributed by atoms with Gasteiger partial charge in [0, 0.05) is 18.9 Å². The molecule has 1 aromatic rings. The van der Waals surface area contributed by atoms with Crippen LogP contribution in [0, 0.1) is 5.92 Å². The van der Waals surface area contributed by atoms with Crippen LogP contribution in [-0.2, 0) is 6.42 Å². The van der Waals surface area contributed by atoms with Crippen LogP contribution in [0.15, 0.2) is 24.3 Å². The van der Waals surface area contributed by atoms with Crippen molar-refractivity contribution < 1.29 is 8.78 Å². The van der Waals surface area contributed by atoms with Crippen LogP contribution in [0.25, 0.3) is 0 Å². The summed E-state index contributed by atoms with van der Waals surface area (Å²) in [6, 6.07) is 7.97. The lowest BCUT2D eigenvalue weighted by molar-refractivity contribution is -0.0584. The van der Waals surface area contributed by atoms with Crippen molar-refractivity contribution in [3.8, 4) is 0 Å². The highest BCUT2D eigenvalue weighted by Gasteiger charge is 2.39. The van der Waals surface area contributed by atoms with Gasteiger partial charge in [0.25, 0.3) is 0 Å². The van der Waals surface area contributed by atoms with Crippen molar-refractivity contribution in [3.63, 3.8) is 0 Å². The second kappa shape index (κ2) is 6.64. The van der Waals surface area contributed by atoms with Crippen LogP contribution in [0.2, 0.25) is 0 Å². The van der Waals surface area contributed by atoms with Crippen LogP contribution in [0.3, 0.4) is 0 Å². The molecule has 1 saturated carbocycles. The van der Waals surface area contributed by atoms with Crippen molar-refractivity contribution >= 4 is 0 Å². The number of hydrazine groups is 1. The summed E-state index contributed by atoms with van der Waals surface area (Å²) in [7, 11) is 0. The van der Waals surface area contributed by atoms with E-state index in [-0.39, 0.29) is 24.8 Å². The third-order valence-electron chi connectivity index (χ3n) is 4.18. The number of alkyl halides is 2. The van der Waals surface area contributed by atoms with Gasteiger partial charge in [-0.05, 0) is 36.3 Å². The zero-order valence-electron chi connectivity index (χ0n) is 12.0. The molecule has 2 atom stereocenters. The molecule has 0 radical (unpaired) electrons. The Kier molecular flexibility index (Phi) is 5.11. The maximum absolute atomic E-state index is 13.6. The Morgan fingerprint density at radius 3 is 2.90 bits per heavy atom. The SMILES string of the molecule is CCCc1cccc(C(NN)C2CCCC(F)(F)C2)c1. The smallest absolute Gasteiger partial charge is 0.248 e. The zero-order valence-corrected chi connectivity index (χ0v) is 12.0. The summed E-state index contributed by atoms with van der Waals surface area (Å²) in [4.78, 5) is 0. The van der Waals surface area contributed by atoms with Crippen molar-refractivity contribution in [2.75, 3.05) is 0 Å². The number of hydrogen-bond acceptors (Lipinski definition) is 2. The standard InChI is InChI=1S/C16H24F2N2/c1-2-5-12-6-3-7-13(10-12)15(20-19)14-8-4-9-16(17,18)11-14/h3,6-7,10,14-15,20H,2,4-5,8-9,11,19H2,1H3. The van der Waals surface area contributed by atoms with Crippen LogP contribution in [0.1, 0.15) is 56.2 Å². The first-order chi connectivity index (χ1) is 9.55. The predicted octanol–water partition coefficient (Wildman–Crippen LogP) is 3.97. The average molecular weight is 282 g/mol. The second-order valence-electron chi connectivity index (χ2n) is 5.85. The molecule has 1 fully saturated rings. The third-order valence-corrected chi connectivity index (χ3v) is 4.18. The number of aryl methyl sites for hydroxylation is 1. The Morgan fingerprint density at radius 2 is 2.25 bits per heavy atom. The van der Waals surface area contributed by atoms with E-state index >= 15 is 0 Å². The van der Waals surface area contributed by atoms with Crippen molar-refractivity contribution in [1.82, 2.24) is 5.43 Å². The molecule has 0 heterocycles. The normalized spacial score (nSPS) is 23.5. The summed E-state index contributed by atoms with van der Waals surface area (Å²) in [6.07, 6.45) is 3.40. The van der Waals surface area contributed by atoms with E-state index in [1.165, 1.54) is 5.56 Å². The van der Waals surface area contributed by atoms with Gasteiger partial charge in [-0.2, -0.15) is 0 Å². The lowest BCUT2D eigenvalue weighted by Crippen LogP contribution is -2.38. The average Bonchev–Trinajstić information content (AvgIpc) is 2.39. The minimum Gasteiger partial charge on any atom is -0.271 e. The minimum absolute atomic E-state index is 0.0106. The van der Waals surface area contributed by atoms with Gasteiger partial charge in [0.05, 0.1) is 0 Å². The zero-order chi connectivity index (χ0) is 14.6. The molecule has 4 heteroatoms. The van der Waals surface area contributed by atoms with E-state index in [1.807, 2.05) is 12.1 Å². The number of benzene rings is 1. The molecule has 1 aromatic carbocycles. The number of nitrogens with one attached hydrogen (secondary N) is 1. The summed E-state index contributed by atoms with van der Waals surface area (Å²) in [5.41, 5.74) is 5.03. The van der Waals surface area contributed by atoms with E-state index in [4.69, 9.17) is 5.84 Å². The van der Waals surface area contributed by atoms with Crippen molar-refractivity contribution in [2.24, 2.45) is 11.8 Å². The molecule has 2 nitrogen and oxygen atoms in total. The summed E-state index contributed by atoms with van der Waals surface area (Å²) in [6.45, 7) is 2.13. The van der Waals surface area contributed by atoms with Crippen LogP contribution >= 0.6 is 0 Å². The molecular weight excluding hydrogens is 258 g/mol. The Bertz CT molecular complexity index is 434. The Morgan fingerprint density at radius 1 is 1.45 bits per heavy atom. The topological polar surface area (TPSA) is 38.0 Å². The third kappa shape index (κ3) is 3.76. The molecule has 112 valence electrons. The highest BCUT2D eigenvalue weighted by Crippen LogP contribution is 2.42. The van der Waals surface area contributed by atoms with Gasteiger partial charge >= 0.3 is 0 Å². The molecule has 20 heavy (non-hydrogen) atoms. The number of rotatable bonds is 5. The Hall–Kier alpha value is -1.00. The lowest BCUT2D eigenvalue weighted by atomic mass is 9.79. The summed E-state index contributed by atoms with van der Waals surface area (Å²) >= 11 is 0.